The molecule has 0 aliphatic carbocycles. The second-order valence-corrected chi connectivity index (χ2v) is 7.54. The first-order valence-corrected chi connectivity index (χ1v) is 8.70. The van der Waals surface area contributed by atoms with E-state index >= 15 is 0 Å². The van der Waals surface area contributed by atoms with Crippen molar-refractivity contribution in [3.8, 4) is 22.6 Å². The summed E-state index contributed by atoms with van der Waals surface area (Å²) in [4.78, 5) is 23.6. The third-order valence-corrected chi connectivity index (χ3v) is 5.46. The van der Waals surface area contributed by atoms with E-state index in [1.807, 2.05) is 38.1 Å². The van der Waals surface area contributed by atoms with E-state index in [0.717, 1.165) is 16.7 Å². The number of hydrogen-bond donors (Lipinski definition) is 1. The van der Waals surface area contributed by atoms with Crippen LogP contribution in [0, 0.1) is 5.41 Å². The van der Waals surface area contributed by atoms with Gasteiger partial charge in [0.05, 0.1) is 19.9 Å². The summed E-state index contributed by atoms with van der Waals surface area (Å²) in [6.07, 6.45) is 3.40. The maximum atomic E-state index is 13.3. The number of fused-ring (bicyclic) bond motifs is 2. The summed E-state index contributed by atoms with van der Waals surface area (Å²) in [5, 5.41) is 0. The Balaban J connectivity index is 1.94. The fraction of sp³-hybridized carbons (Fsp3) is 0.350. The smallest absolute Gasteiger partial charge is 0.262 e. The molecule has 2 N–H and O–H groups in total. The van der Waals surface area contributed by atoms with Crippen LogP contribution in [0.3, 0.4) is 0 Å². The normalized spacial score (nSPS) is 23.0. The molecule has 7 heteroatoms. The van der Waals surface area contributed by atoms with Gasteiger partial charge in [-0.2, -0.15) is 0 Å². The predicted octanol–water partition coefficient (Wildman–Crippen LogP) is 2.16. The molecule has 1 aromatic carbocycles. The Labute approximate surface area is 157 Å². The van der Waals surface area contributed by atoms with Gasteiger partial charge in [-0.05, 0) is 23.8 Å². The standard InChI is InChI=1S/C20H22N4O3/c1-19(2)11-27-16-6-5-12(13-7-14(26-4)10-22-9-13)8-15(16)20(19)17(25)24(3)18(21)23-20/h5-10H,11H2,1-4H3,(H2,21,23). The minimum Gasteiger partial charge on any atom is -0.495 e. The second-order valence-electron chi connectivity index (χ2n) is 7.54. The zero-order valence-electron chi connectivity index (χ0n) is 15.8. The van der Waals surface area contributed by atoms with Crippen LogP contribution < -0.4 is 15.2 Å². The summed E-state index contributed by atoms with van der Waals surface area (Å²) in [6.45, 7) is 4.32. The lowest BCUT2D eigenvalue weighted by molar-refractivity contribution is -0.137. The number of carbonyl (C=O) groups excluding carboxylic acids is 1. The van der Waals surface area contributed by atoms with Crippen LogP contribution >= 0.6 is 0 Å². The van der Waals surface area contributed by atoms with Crippen molar-refractivity contribution in [2.24, 2.45) is 16.1 Å². The number of rotatable bonds is 2. The van der Waals surface area contributed by atoms with Crippen LogP contribution in [0.15, 0.2) is 41.7 Å². The highest BCUT2D eigenvalue weighted by Gasteiger charge is 2.61. The molecule has 0 saturated carbocycles. The van der Waals surface area contributed by atoms with Crippen molar-refractivity contribution in [2.75, 3.05) is 20.8 Å². The van der Waals surface area contributed by atoms with Gasteiger partial charge in [0.25, 0.3) is 5.91 Å². The van der Waals surface area contributed by atoms with E-state index in [1.54, 1.807) is 26.6 Å². The number of amides is 1. The SMILES string of the molecule is COc1cncc(-c2ccc3c(c2)C2(N=C(N)N(C)C2=O)C(C)(C)CO3)c1. The van der Waals surface area contributed by atoms with Crippen molar-refractivity contribution in [3.63, 3.8) is 0 Å². The molecule has 7 nitrogen and oxygen atoms in total. The zero-order valence-corrected chi connectivity index (χ0v) is 15.8. The number of methoxy groups -OCH3 is 1. The Morgan fingerprint density at radius 1 is 1.22 bits per heavy atom. The first-order valence-electron chi connectivity index (χ1n) is 8.70. The molecule has 2 aromatic rings. The summed E-state index contributed by atoms with van der Waals surface area (Å²) < 4.78 is 11.2. The molecule has 0 radical (unpaired) electrons. The molecular formula is C20H22N4O3. The van der Waals surface area contributed by atoms with Gasteiger partial charge in [0.1, 0.15) is 11.5 Å². The number of guanidine groups is 1. The third-order valence-electron chi connectivity index (χ3n) is 5.46. The highest BCUT2D eigenvalue weighted by molar-refractivity contribution is 6.08. The number of aromatic nitrogens is 1. The van der Waals surface area contributed by atoms with Gasteiger partial charge in [0, 0.05) is 29.8 Å². The maximum absolute atomic E-state index is 13.3. The number of nitrogens with zero attached hydrogens (tertiary/aromatic N) is 3. The van der Waals surface area contributed by atoms with Crippen LogP contribution in [0.25, 0.3) is 11.1 Å². The molecule has 1 amide bonds. The minimum atomic E-state index is -1.11. The number of aliphatic imine (C=N–C) groups is 1. The predicted molar refractivity (Wildman–Crippen MR) is 102 cm³/mol. The highest BCUT2D eigenvalue weighted by Crippen LogP contribution is 2.53. The van der Waals surface area contributed by atoms with Gasteiger partial charge >= 0.3 is 0 Å². The largest absolute Gasteiger partial charge is 0.495 e. The molecule has 1 atom stereocenters. The number of nitrogens with two attached hydrogens (primary N) is 1. The van der Waals surface area contributed by atoms with Gasteiger partial charge in [-0.3, -0.25) is 14.7 Å². The van der Waals surface area contributed by atoms with Crippen molar-refractivity contribution < 1.29 is 14.3 Å². The van der Waals surface area contributed by atoms with E-state index in [0.29, 0.717) is 18.1 Å². The lowest BCUT2D eigenvalue weighted by atomic mass is 9.66. The highest BCUT2D eigenvalue weighted by atomic mass is 16.5. The first kappa shape index (κ1) is 17.3. The lowest BCUT2D eigenvalue weighted by Crippen LogP contribution is -2.53. The molecule has 140 valence electrons. The Morgan fingerprint density at radius 3 is 2.67 bits per heavy atom. The molecular weight excluding hydrogens is 344 g/mol. The summed E-state index contributed by atoms with van der Waals surface area (Å²) in [6, 6.07) is 7.66. The van der Waals surface area contributed by atoms with Gasteiger partial charge in [-0.25, -0.2) is 4.99 Å². The minimum absolute atomic E-state index is 0.143. The molecule has 4 rings (SSSR count). The molecule has 2 aliphatic rings. The van der Waals surface area contributed by atoms with Gasteiger partial charge in [-0.1, -0.05) is 19.9 Å². The number of benzene rings is 1. The third kappa shape index (κ3) is 2.31. The van der Waals surface area contributed by atoms with Crippen LogP contribution in [0.5, 0.6) is 11.5 Å². The average Bonchev–Trinajstić information content (AvgIpc) is 2.90. The number of likely N-dealkylation sites (N-methyl/N-ethyl adjacent to an activating group) is 1. The Kier molecular flexibility index (Phi) is 3.66. The number of hydrogen-bond acceptors (Lipinski definition) is 6. The van der Waals surface area contributed by atoms with Crippen LogP contribution in [0.2, 0.25) is 0 Å². The van der Waals surface area contributed by atoms with Gasteiger partial charge in [-0.15, -0.1) is 0 Å². The molecule has 1 aromatic heterocycles. The topological polar surface area (TPSA) is 90.0 Å². The summed E-state index contributed by atoms with van der Waals surface area (Å²) in [5.41, 5.74) is 6.86. The maximum Gasteiger partial charge on any atom is 0.262 e. The van der Waals surface area contributed by atoms with E-state index in [2.05, 4.69) is 9.98 Å². The van der Waals surface area contributed by atoms with Crippen LogP contribution in [0.1, 0.15) is 19.4 Å². The van der Waals surface area contributed by atoms with E-state index in [1.165, 1.54) is 4.90 Å². The summed E-state index contributed by atoms with van der Waals surface area (Å²) in [7, 11) is 3.25. The van der Waals surface area contributed by atoms with Gasteiger partial charge in [0.15, 0.2) is 11.5 Å². The van der Waals surface area contributed by atoms with Crippen molar-refractivity contribution in [1.29, 1.82) is 0 Å². The number of pyridine rings is 1. The van der Waals surface area contributed by atoms with E-state index in [-0.39, 0.29) is 11.9 Å². The summed E-state index contributed by atoms with van der Waals surface area (Å²) >= 11 is 0. The molecule has 2 aliphatic heterocycles. The fourth-order valence-electron chi connectivity index (χ4n) is 3.79. The molecule has 0 saturated heterocycles. The molecule has 27 heavy (non-hydrogen) atoms. The van der Waals surface area contributed by atoms with Crippen molar-refractivity contribution in [2.45, 2.75) is 19.4 Å². The summed E-state index contributed by atoms with van der Waals surface area (Å²) in [5.74, 6) is 1.38. The number of carbonyl (C=O) groups is 1. The van der Waals surface area contributed by atoms with Crippen molar-refractivity contribution in [3.05, 3.63) is 42.2 Å². The zero-order chi connectivity index (χ0) is 19.4. The van der Waals surface area contributed by atoms with Crippen LogP contribution in [-0.4, -0.2) is 42.5 Å². The average molecular weight is 366 g/mol. The molecule has 0 fully saturated rings. The van der Waals surface area contributed by atoms with Gasteiger partial charge in [0.2, 0.25) is 0 Å². The van der Waals surface area contributed by atoms with E-state index in [4.69, 9.17) is 15.2 Å². The van der Waals surface area contributed by atoms with E-state index < -0.39 is 11.0 Å². The van der Waals surface area contributed by atoms with Crippen LogP contribution in [-0.2, 0) is 10.3 Å². The molecule has 1 spiro atoms. The van der Waals surface area contributed by atoms with E-state index in [9.17, 15) is 4.79 Å². The Bertz CT molecular complexity index is 969. The fourth-order valence-corrected chi connectivity index (χ4v) is 3.79. The number of ether oxygens (including phenoxy) is 2. The lowest BCUT2D eigenvalue weighted by Gasteiger charge is -2.44. The van der Waals surface area contributed by atoms with Crippen LogP contribution in [0.4, 0.5) is 0 Å². The van der Waals surface area contributed by atoms with Gasteiger partial charge < -0.3 is 15.2 Å². The Hall–Kier alpha value is -3.09. The molecule has 0 bridgehead atoms. The quantitative estimate of drug-likeness (QED) is 0.880. The van der Waals surface area contributed by atoms with Crippen molar-refractivity contribution >= 4 is 11.9 Å². The second kappa shape index (κ2) is 5.70. The first-order chi connectivity index (χ1) is 12.8. The molecule has 3 heterocycles. The Morgan fingerprint density at radius 2 is 2.00 bits per heavy atom. The molecule has 1 unspecified atom stereocenters. The van der Waals surface area contributed by atoms with Crippen molar-refractivity contribution in [1.82, 2.24) is 9.88 Å². The monoisotopic (exact) mass is 366 g/mol.